The molecule has 0 bridgehead atoms. The van der Waals surface area contributed by atoms with Crippen LogP contribution in [0, 0.1) is 6.92 Å². The van der Waals surface area contributed by atoms with Crippen molar-refractivity contribution in [3.8, 4) is 5.75 Å². The number of anilines is 1. The number of H-pyrrole nitrogens is 1. The average molecular weight is 363 g/mol. The third-order valence-electron chi connectivity index (χ3n) is 3.84. The van der Waals surface area contributed by atoms with E-state index in [2.05, 4.69) is 10.3 Å². The van der Waals surface area contributed by atoms with Crippen molar-refractivity contribution >= 4 is 45.7 Å². The highest BCUT2D eigenvalue weighted by Gasteiger charge is 2.13. The zero-order valence-corrected chi connectivity index (χ0v) is 14.8. The van der Waals surface area contributed by atoms with Gasteiger partial charge in [-0.2, -0.15) is 0 Å². The van der Waals surface area contributed by atoms with Gasteiger partial charge in [-0.25, -0.2) is 0 Å². The molecule has 0 radical (unpaired) electrons. The molecule has 3 aromatic rings. The van der Waals surface area contributed by atoms with Crippen molar-refractivity contribution in [3.05, 3.63) is 57.7 Å². The van der Waals surface area contributed by atoms with Gasteiger partial charge in [0.15, 0.2) is 0 Å². The van der Waals surface area contributed by atoms with Gasteiger partial charge in [0.05, 0.1) is 19.2 Å². The predicted molar refractivity (Wildman–Crippen MR) is 98.4 cm³/mol. The number of nitrogens with one attached hydrogen (secondary N) is 2. The molecule has 0 saturated heterocycles. The molecule has 0 aliphatic carbocycles. The van der Waals surface area contributed by atoms with Crippen LogP contribution in [0.2, 0.25) is 10.0 Å². The minimum atomic E-state index is -0.143. The van der Waals surface area contributed by atoms with Crippen LogP contribution in [0.3, 0.4) is 0 Å². The van der Waals surface area contributed by atoms with Crippen LogP contribution < -0.4 is 10.1 Å². The Morgan fingerprint density at radius 1 is 1.25 bits per heavy atom. The molecule has 124 valence electrons. The molecule has 2 N–H and O–H groups in total. The van der Waals surface area contributed by atoms with Crippen LogP contribution in [-0.2, 0) is 11.2 Å². The van der Waals surface area contributed by atoms with E-state index < -0.39 is 0 Å². The fourth-order valence-corrected chi connectivity index (χ4v) is 2.92. The van der Waals surface area contributed by atoms with Crippen LogP contribution in [-0.4, -0.2) is 18.0 Å². The van der Waals surface area contributed by atoms with Crippen LogP contribution in [0.4, 0.5) is 5.69 Å². The third kappa shape index (κ3) is 3.35. The van der Waals surface area contributed by atoms with Gasteiger partial charge < -0.3 is 15.0 Å². The predicted octanol–water partition coefficient (Wildman–Crippen LogP) is 4.97. The first-order valence-corrected chi connectivity index (χ1v) is 8.13. The van der Waals surface area contributed by atoms with Crippen molar-refractivity contribution in [2.75, 3.05) is 12.4 Å². The number of hydrogen-bond donors (Lipinski definition) is 2. The summed E-state index contributed by atoms with van der Waals surface area (Å²) in [5.41, 5.74) is 3.30. The lowest BCUT2D eigenvalue weighted by molar-refractivity contribution is -0.115. The first-order valence-electron chi connectivity index (χ1n) is 7.37. The van der Waals surface area contributed by atoms with E-state index in [4.69, 9.17) is 27.9 Å². The summed E-state index contributed by atoms with van der Waals surface area (Å²) in [6.07, 6.45) is 2.05. The van der Waals surface area contributed by atoms with Crippen molar-refractivity contribution in [2.45, 2.75) is 13.3 Å². The van der Waals surface area contributed by atoms with E-state index in [-0.39, 0.29) is 12.3 Å². The van der Waals surface area contributed by atoms with Crippen LogP contribution in [0.1, 0.15) is 11.1 Å². The highest BCUT2D eigenvalue weighted by molar-refractivity contribution is 6.31. The molecule has 0 atom stereocenters. The monoisotopic (exact) mass is 362 g/mol. The number of hydrogen-bond acceptors (Lipinski definition) is 2. The van der Waals surface area contributed by atoms with E-state index in [1.165, 1.54) is 7.11 Å². The second-order valence-electron chi connectivity index (χ2n) is 5.53. The minimum Gasteiger partial charge on any atom is -0.495 e. The molecule has 1 amide bonds. The number of fused-ring (bicyclic) bond motifs is 1. The van der Waals surface area contributed by atoms with Crippen LogP contribution in [0.5, 0.6) is 5.75 Å². The van der Waals surface area contributed by atoms with Gasteiger partial charge in [0, 0.05) is 33.2 Å². The zero-order valence-electron chi connectivity index (χ0n) is 13.2. The van der Waals surface area contributed by atoms with Crippen molar-refractivity contribution in [3.63, 3.8) is 0 Å². The number of benzene rings is 2. The summed E-state index contributed by atoms with van der Waals surface area (Å²) >= 11 is 12.1. The molecule has 3 rings (SSSR count). The molecule has 0 aliphatic rings. The summed E-state index contributed by atoms with van der Waals surface area (Å²) in [6, 6.07) is 9.04. The van der Waals surface area contributed by atoms with Gasteiger partial charge in [0.25, 0.3) is 0 Å². The van der Waals surface area contributed by atoms with E-state index in [1.54, 1.807) is 12.1 Å². The fraction of sp³-hybridized carbons (Fsp3) is 0.167. The van der Waals surface area contributed by atoms with Gasteiger partial charge in [0.1, 0.15) is 5.75 Å². The zero-order chi connectivity index (χ0) is 17.3. The molecule has 0 saturated carbocycles. The molecule has 0 fully saturated rings. The largest absolute Gasteiger partial charge is 0.495 e. The second-order valence-corrected chi connectivity index (χ2v) is 6.37. The molecule has 1 heterocycles. The lowest BCUT2D eigenvalue weighted by atomic mass is 10.1. The quantitative estimate of drug-likeness (QED) is 0.687. The molecule has 0 unspecified atom stereocenters. The Balaban J connectivity index is 1.83. The van der Waals surface area contributed by atoms with Crippen LogP contribution in [0.15, 0.2) is 36.5 Å². The molecule has 1 aromatic heterocycles. The molecule has 4 nitrogen and oxygen atoms in total. The Labute approximate surface area is 149 Å². The number of aromatic amines is 1. The van der Waals surface area contributed by atoms with Gasteiger partial charge in [0.2, 0.25) is 5.91 Å². The maximum atomic E-state index is 12.4. The number of methoxy groups -OCH3 is 1. The molecular formula is C18H16Cl2N2O2. The Morgan fingerprint density at radius 2 is 2.04 bits per heavy atom. The average Bonchev–Trinajstić information content (AvgIpc) is 2.92. The Hall–Kier alpha value is -2.17. The number of aryl methyl sites for hydroxylation is 1. The Bertz CT molecular complexity index is 919. The Kier molecular flexibility index (Phi) is 4.69. The Morgan fingerprint density at radius 3 is 2.79 bits per heavy atom. The van der Waals surface area contributed by atoms with Gasteiger partial charge in [-0.3, -0.25) is 4.79 Å². The highest BCUT2D eigenvalue weighted by Crippen LogP contribution is 2.31. The van der Waals surface area contributed by atoms with E-state index in [0.717, 1.165) is 22.0 Å². The van der Waals surface area contributed by atoms with Gasteiger partial charge in [-0.05, 0) is 42.3 Å². The van der Waals surface area contributed by atoms with E-state index >= 15 is 0 Å². The van der Waals surface area contributed by atoms with Crippen molar-refractivity contribution < 1.29 is 9.53 Å². The summed E-state index contributed by atoms with van der Waals surface area (Å²) in [7, 11) is 1.54. The second kappa shape index (κ2) is 6.75. The number of carbonyl (C=O) groups excluding carboxylic acids is 1. The minimum absolute atomic E-state index is 0.143. The third-order valence-corrected chi connectivity index (χ3v) is 4.48. The summed E-state index contributed by atoms with van der Waals surface area (Å²) in [5, 5.41) is 5.05. The SMILES string of the molecule is COc1cc(Cl)c(C)cc1NC(=O)Cc1c[nH]c2ccc(Cl)cc12. The number of aromatic nitrogens is 1. The lowest BCUT2D eigenvalue weighted by Crippen LogP contribution is -2.15. The van der Waals surface area contributed by atoms with Crippen molar-refractivity contribution in [1.82, 2.24) is 4.98 Å². The normalized spacial score (nSPS) is 10.8. The molecule has 6 heteroatoms. The highest BCUT2D eigenvalue weighted by atomic mass is 35.5. The number of rotatable bonds is 4. The summed E-state index contributed by atoms with van der Waals surface area (Å²) < 4.78 is 5.28. The number of ether oxygens (including phenoxy) is 1. The van der Waals surface area contributed by atoms with E-state index in [9.17, 15) is 4.79 Å². The van der Waals surface area contributed by atoms with E-state index in [1.807, 2.05) is 31.3 Å². The number of carbonyl (C=O) groups is 1. The number of halogens is 2. The van der Waals surface area contributed by atoms with Crippen molar-refractivity contribution in [1.29, 1.82) is 0 Å². The fourth-order valence-electron chi connectivity index (χ4n) is 2.59. The first kappa shape index (κ1) is 16.7. The van der Waals surface area contributed by atoms with Crippen LogP contribution in [0.25, 0.3) is 10.9 Å². The van der Waals surface area contributed by atoms with Gasteiger partial charge in [-0.15, -0.1) is 0 Å². The first-order chi connectivity index (χ1) is 11.5. The molecule has 24 heavy (non-hydrogen) atoms. The smallest absolute Gasteiger partial charge is 0.228 e. The summed E-state index contributed by atoms with van der Waals surface area (Å²) in [6.45, 7) is 1.87. The topological polar surface area (TPSA) is 54.1 Å². The van der Waals surface area contributed by atoms with Gasteiger partial charge >= 0.3 is 0 Å². The summed E-state index contributed by atoms with van der Waals surface area (Å²) in [4.78, 5) is 15.6. The maximum absolute atomic E-state index is 12.4. The lowest BCUT2D eigenvalue weighted by Gasteiger charge is -2.12. The van der Waals surface area contributed by atoms with E-state index in [0.29, 0.717) is 21.5 Å². The molecule has 2 aromatic carbocycles. The molecule has 0 aliphatic heterocycles. The molecular weight excluding hydrogens is 347 g/mol. The van der Waals surface area contributed by atoms with Crippen LogP contribution >= 0.6 is 23.2 Å². The number of amides is 1. The standard InChI is InChI=1S/C18H16Cl2N2O2/c1-10-5-16(17(24-2)8-14(10)20)22-18(23)6-11-9-21-15-4-3-12(19)7-13(11)15/h3-5,7-9,21H,6H2,1-2H3,(H,22,23). The summed E-state index contributed by atoms with van der Waals surface area (Å²) in [5.74, 6) is 0.386. The van der Waals surface area contributed by atoms with Gasteiger partial charge in [-0.1, -0.05) is 23.2 Å². The molecule has 0 spiro atoms. The maximum Gasteiger partial charge on any atom is 0.228 e. The van der Waals surface area contributed by atoms with Crippen molar-refractivity contribution in [2.24, 2.45) is 0 Å².